The lowest BCUT2D eigenvalue weighted by atomic mass is 9.93. The molecule has 3 aromatic carbocycles. The van der Waals surface area contributed by atoms with Crippen molar-refractivity contribution in [2.24, 2.45) is 0 Å². The molecule has 0 bridgehead atoms. The molecule has 0 aromatic heterocycles. The van der Waals surface area contributed by atoms with Crippen LogP contribution in [0.15, 0.2) is 66.7 Å². The van der Waals surface area contributed by atoms with Gasteiger partial charge in [0.05, 0.1) is 0 Å². The summed E-state index contributed by atoms with van der Waals surface area (Å²) >= 11 is 0. The van der Waals surface area contributed by atoms with Crippen molar-refractivity contribution in [1.29, 1.82) is 0 Å². The van der Waals surface area contributed by atoms with E-state index < -0.39 is 29.2 Å². The topological polar surface area (TPSA) is 75.6 Å². The number of carboxylic acids is 1. The van der Waals surface area contributed by atoms with Gasteiger partial charge >= 0.3 is 12.1 Å². The van der Waals surface area contributed by atoms with Crippen molar-refractivity contribution in [3.63, 3.8) is 0 Å². The molecule has 0 saturated heterocycles. The summed E-state index contributed by atoms with van der Waals surface area (Å²) in [4.78, 5) is 24.4. The first-order valence-electron chi connectivity index (χ1n) is 10.1. The second-order valence-corrected chi connectivity index (χ2v) is 8.04. The lowest BCUT2D eigenvalue weighted by molar-refractivity contribution is -0.143. The average molecular weight is 437 g/mol. The molecule has 0 saturated carbocycles. The Morgan fingerprint density at radius 2 is 1.50 bits per heavy atom. The highest BCUT2D eigenvalue weighted by Gasteiger charge is 2.37. The van der Waals surface area contributed by atoms with Crippen LogP contribution in [0.5, 0.6) is 0 Å². The van der Waals surface area contributed by atoms with Crippen molar-refractivity contribution in [3.05, 3.63) is 95.1 Å². The number of nitrogens with one attached hydrogen (secondary N) is 1. The number of benzene rings is 3. The van der Waals surface area contributed by atoms with Crippen LogP contribution in [0.2, 0.25) is 0 Å². The van der Waals surface area contributed by atoms with Gasteiger partial charge in [-0.1, -0.05) is 48.5 Å². The van der Waals surface area contributed by atoms with Gasteiger partial charge in [-0.25, -0.2) is 18.4 Å². The number of fused-ring (bicyclic) bond motifs is 3. The van der Waals surface area contributed by atoms with Gasteiger partial charge in [0.25, 0.3) is 0 Å². The molecule has 164 valence electrons. The van der Waals surface area contributed by atoms with E-state index >= 15 is 0 Å². The molecule has 0 aliphatic heterocycles. The maximum atomic E-state index is 13.5. The molecule has 1 aliphatic carbocycles. The van der Waals surface area contributed by atoms with Gasteiger partial charge in [-0.15, -0.1) is 0 Å². The van der Waals surface area contributed by atoms with Gasteiger partial charge in [0.2, 0.25) is 0 Å². The molecule has 5 nitrogen and oxygen atoms in total. The van der Waals surface area contributed by atoms with E-state index in [4.69, 9.17) is 4.74 Å². The third-order valence-corrected chi connectivity index (χ3v) is 5.67. The van der Waals surface area contributed by atoms with Crippen LogP contribution in [0, 0.1) is 11.6 Å². The molecule has 0 fully saturated rings. The Labute approximate surface area is 183 Å². The number of alkyl carbamates (subject to hydrolysis) is 1. The normalized spacial score (nSPS) is 14.2. The van der Waals surface area contributed by atoms with E-state index in [1.165, 1.54) is 6.92 Å². The minimum Gasteiger partial charge on any atom is -0.480 e. The number of carbonyl (C=O) groups is 2. The van der Waals surface area contributed by atoms with Crippen molar-refractivity contribution >= 4 is 12.1 Å². The molecular formula is C25H21F2NO4. The van der Waals surface area contributed by atoms with Gasteiger partial charge < -0.3 is 15.2 Å². The quantitative estimate of drug-likeness (QED) is 0.576. The highest BCUT2D eigenvalue weighted by atomic mass is 19.1. The summed E-state index contributed by atoms with van der Waals surface area (Å²) in [5, 5.41) is 12.0. The Bertz CT molecular complexity index is 1130. The molecule has 0 heterocycles. The van der Waals surface area contributed by atoms with Crippen molar-refractivity contribution in [2.45, 2.75) is 24.8 Å². The van der Waals surface area contributed by atoms with Crippen LogP contribution in [0.3, 0.4) is 0 Å². The lowest BCUT2D eigenvalue weighted by Crippen LogP contribution is -2.54. The Kier molecular flexibility index (Phi) is 5.65. The first-order chi connectivity index (χ1) is 15.3. The molecule has 32 heavy (non-hydrogen) atoms. The van der Waals surface area contributed by atoms with Gasteiger partial charge in [0.1, 0.15) is 23.8 Å². The summed E-state index contributed by atoms with van der Waals surface area (Å²) in [6, 6.07) is 18.4. The van der Waals surface area contributed by atoms with E-state index in [1.807, 2.05) is 48.5 Å². The number of amides is 1. The van der Waals surface area contributed by atoms with E-state index in [1.54, 1.807) is 0 Å². The summed E-state index contributed by atoms with van der Waals surface area (Å²) in [7, 11) is 0. The number of carboxylic acid groups (broad SMARTS) is 1. The monoisotopic (exact) mass is 437 g/mol. The predicted octanol–water partition coefficient (Wildman–Crippen LogP) is 4.89. The van der Waals surface area contributed by atoms with Gasteiger partial charge in [-0.3, -0.25) is 0 Å². The van der Waals surface area contributed by atoms with Crippen molar-refractivity contribution < 1.29 is 28.2 Å². The van der Waals surface area contributed by atoms with Crippen LogP contribution in [-0.2, 0) is 16.0 Å². The van der Waals surface area contributed by atoms with E-state index in [9.17, 15) is 23.5 Å². The molecule has 0 radical (unpaired) electrons. The average Bonchev–Trinajstić information content (AvgIpc) is 3.05. The Hall–Kier alpha value is -3.74. The number of halogens is 2. The van der Waals surface area contributed by atoms with Crippen LogP contribution >= 0.6 is 0 Å². The number of carbonyl (C=O) groups excluding carboxylic acids is 1. The summed E-state index contributed by atoms with van der Waals surface area (Å²) in [5.74, 6) is -3.18. The highest BCUT2D eigenvalue weighted by molar-refractivity contribution is 5.84. The number of aliphatic carboxylic acids is 1. The number of hydrogen-bond acceptors (Lipinski definition) is 3. The number of rotatable bonds is 6. The molecule has 4 rings (SSSR count). The minimum absolute atomic E-state index is 0.0180. The fourth-order valence-corrected chi connectivity index (χ4v) is 4.15. The molecule has 0 spiro atoms. The number of hydrogen-bond donors (Lipinski definition) is 2. The van der Waals surface area contributed by atoms with Crippen molar-refractivity contribution in [2.75, 3.05) is 6.61 Å². The third kappa shape index (κ3) is 4.19. The molecule has 0 unspecified atom stereocenters. The fraction of sp³-hybridized carbons (Fsp3) is 0.200. The summed E-state index contributed by atoms with van der Waals surface area (Å²) in [5.41, 5.74) is 2.48. The number of ether oxygens (including phenoxy) is 1. The van der Waals surface area contributed by atoms with Crippen LogP contribution in [0.1, 0.15) is 29.5 Å². The van der Waals surface area contributed by atoms with Gasteiger partial charge in [0, 0.05) is 18.4 Å². The summed E-state index contributed by atoms with van der Waals surface area (Å²) in [6.45, 7) is 1.28. The second-order valence-electron chi connectivity index (χ2n) is 8.04. The predicted molar refractivity (Wildman–Crippen MR) is 114 cm³/mol. The van der Waals surface area contributed by atoms with E-state index in [-0.39, 0.29) is 24.5 Å². The second kappa shape index (κ2) is 8.42. The smallest absolute Gasteiger partial charge is 0.408 e. The van der Waals surface area contributed by atoms with Gasteiger partial charge in [-0.05, 0) is 46.9 Å². The molecule has 1 atom stereocenters. The van der Waals surface area contributed by atoms with Crippen LogP contribution < -0.4 is 5.32 Å². The van der Waals surface area contributed by atoms with Crippen LogP contribution in [0.4, 0.5) is 13.6 Å². The van der Waals surface area contributed by atoms with Gasteiger partial charge in [-0.2, -0.15) is 0 Å². The van der Waals surface area contributed by atoms with E-state index in [0.29, 0.717) is 6.07 Å². The zero-order chi connectivity index (χ0) is 22.9. The van der Waals surface area contributed by atoms with E-state index in [2.05, 4.69) is 5.32 Å². The largest absolute Gasteiger partial charge is 0.480 e. The van der Waals surface area contributed by atoms with Crippen molar-refractivity contribution in [1.82, 2.24) is 5.32 Å². The highest BCUT2D eigenvalue weighted by Crippen LogP contribution is 2.44. The fourth-order valence-electron chi connectivity index (χ4n) is 4.15. The first-order valence-corrected chi connectivity index (χ1v) is 10.1. The zero-order valence-electron chi connectivity index (χ0n) is 17.3. The van der Waals surface area contributed by atoms with Gasteiger partial charge in [0.15, 0.2) is 0 Å². The lowest BCUT2D eigenvalue weighted by Gasteiger charge is -2.26. The maximum Gasteiger partial charge on any atom is 0.408 e. The molecule has 3 aromatic rings. The first kappa shape index (κ1) is 21.5. The SMILES string of the molecule is C[C@@](Cc1cc(F)cc(F)c1)(NC(=O)OCC1c2ccccc2-c2ccccc21)C(=O)O. The zero-order valence-corrected chi connectivity index (χ0v) is 17.3. The molecular weight excluding hydrogens is 416 g/mol. The summed E-state index contributed by atoms with van der Waals surface area (Å²) in [6.07, 6.45) is -1.24. The summed E-state index contributed by atoms with van der Waals surface area (Å²) < 4.78 is 32.4. The Morgan fingerprint density at radius 1 is 0.969 bits per heavy atom. The van der Waals surface area contributed by atoms with Crippen LogP contribution in [-0.4, -0.2) is 29.3 Å². The van der Waals surface area contributed by atoms with Crippen LogP contribution in [0.25, 0.3) is 11.1 Å². The molecule has 7 heteroatoms. The Morgan fingerprint density at radius 3 is 2.03 bits per heavy atom. The molecule has 1 aliphatic rings. The van der Waals surface area contributed by atoms with E-state index in [0.717, 1.165) is 34.4 Å². The van der Waals surface area contributed by atoms with Crippen molar-refractivity contribution in [3.8, 4) is 11.1 Å². The Balaban J connectivity index is 1.48. The maximum absolute atomic E-state index is 13.5. The molecule has 2 N–H and O–H groups in total. The third-order valence-electron chi connectivity index (χ3n) is 5.67. The standard InChI is InChI=1S/C25H21F2NO4/c1-25(23(29)30,13-15-10-16(26)12-17(27)11-15)28-24(31)32-14-22-20-8-4-2-6-18(20)19-7-3-5-9-21(19)22/h2-12,22H,13-14H2,1H3,(H,28,31)(H,29,30)/t25-/m0/s1. The minimum atomic E-state index is -1.82. The molecule has 1 amide bonds.